The number of hydrogen-bond acceptors (Lipinski definition) is 2. The van der Waals surface area contributed by atoms with Crippen LogP contribution in [0.25, 0.3) is 17.2 Å². The average Bonchev–Trinajstić information content (AvgIpc) is 2.73. The van der Waals surface area contributed by atoms with Crippen molar-refractivity contribution in [2.75, 3.05) is 0 Å². The SMILES string of the molecule is CC/C(=C(\c1ccc(O)cc1)c1ccc(/C=C/C(=O)O)cc1)c1ccccc1Cl. The molecule has 0 aromatic heterocycles. The van der Waals surface area contributed by atoms with Crippen LogP contribution in [0.15, 0.2) is 78.9 Å². The van der Waals surface area contributed by atoms with Crippen LogP contribution in [0.3, 0.4) is 0 Å². The number of aromatic hydroxyl groups is 1. The van der Waals surface area contributed by atoms with Gasteiger partial charge in [0.05, 0.1) is 0 Å². The minimum Gasteiger partial charge on any atom is -0.508 e. The van der Waals surface area contributed by atoms with Crippen molar-refractivity contribution in [3.05, 3.63) is 106 Å². The summed E-state index contributed by atoms with van der Waals surface area (Å²) in [5.74, 6) is -0.774. The third-order valence-electron chi connectivity index (χ3n) is 4.63. The van der Waals surface area contributed by atoms with Gasteiger partial charge in [0.2, 0.25) is 0 Å². The zero-order valence-electron chi connectivity index (χ0n) is 16.0. The summed E-state index contributed by atoms with van der Waals surface area (Å²) in [6, 6.07) is 22.6. The molecule has 3 nitrogen and oxygen atoms in total. The van der Waals surface area contributed by atoms with E-state index in [9.17, 15) is 9.90 Å². The van der Waals surface area contributed by atoms with E-state index in [1.165, 1.54) is 0 Å². The van der Waals surface area contributed by atoms with Gasteiger partial charge in [0.15, 0.2) is 0 Å². The van der Waals surface area contributed by atoms with Gasteiger partial charge in [0.1, 0.15) is 5.75 Å². The summed E-state index contributed by atoms with van der Waals surface area (Å²) in [6.07, 6.45) is 3.44. The molecule has 4 heteroatoms. The molecular formula is C25H21ClO3. The van der Waals surface area contributed by atoms with E-state index in [0.717, 1.165) is 45.9 Å². The molecule has 0 unspecified atom stereocenters. The highest BCUT2D eigenvalue weighted by molar-refractivity contribution is 6.32. The van der Waals surface area contributed by atoms with E-state index in [-0.39, 0.29) is 5.75 Å². The number of carbonyl (C=O) groups is 1. The molecule has 0 amide bonds. The van der Waals surface area contributed by atoms with Crippen LogP contribution in [0, 0.1) is 0 Å². The second-order valence-corrected chi connectivity index (χ2v) is 6.93. The first-order chi connectivity index (χ1) is 14.0. The predicted octanol–water partition coefficient (Wildman–Crippen LogP) is 6.51. The Kier molecular flexibility index (Phi) is 6.53. The molecule has 0 heterocycles. The Bertz CT molecular complexity index is 1060. The molecule has 0 spiro atoms. The lowest BCUT2D eigenvalue weighted by Gasteiger charge is -2.17. The fraction of sp³-hybridized carbons (Fsp3) is 0.0800. The number of hydrogen-bond donors (Lipinski definition) is 2. The normalized spacial score (nSPS) is 12.1. The van der Waals surface area contributed by atoms with Gasteiger partial charge in [-0.25, -0.2) is 4.79 Å². The minimum atomic E-state index is -0.981. The maximum Gasteiger partial charge on any atom is 0.328 e. The van der Waals surface area contributed by atoms with Crippen LogP contribution < -0.4 is 0 Å². The Balaban J connectivity index is 2.19. The lowest BCUT2D eigenvalue weighted by atomic mass is 9.88. The molecule has 0 atom stereocenters. The number of carboxylic acids is 1. The molecule has 0 saturated carbocycles. The molecule has 3 aromatic rings. The van der Waals surface area contributed by atoms with Gasteiger partial charge >= 0.3 is 5.97 Å². The number of allylic oxidation sites excluding steroid dienone is 1. The van der Waals surface area contributed by atoms with Crippen LogP contribution in [0.1, 0.15) is 35.6 Å². The molecule has 29 heavy (non-hydrogen) atoms. The second kappa shape index (κ2) is 9.26. The van der Waals surface area contributed by atoms with Crippen molar-refractivity contribution in [3.63, 3.8) is 0 Å². The van der Waals surface area contributed by atoms with Crippen LogP contribution in [-0.4, -0.2) is 16.2 Å². The number of phenolic OH excluding ortho intramolecular Hbond substituents is 1. The van der Waals surface area contributed by atoms with Crippen molar-refractivity contribution < 1.29 is 15.0 Å². The van der Waals surface area contributed by atoms with E-state index in [4.69, 9.17) is 16.7 Å². The second-order valence-electron chi connectivity index (χ2n) is 6.53. The Hall–Kier alpha value is -3.30. The lowest BCUT2D eigenvalue weighted by molar-refractivity contribution is -0.131. The lowest BCUT2D eigenvalue weighted by Crippen LogP contribution is -1.96. The molecule has 0 aliphatic rings. The van der Waals surface area contributed by atoms with Crippen LogP contribution in [0.5, 0.6) is 5.75 Å². The standard InChI is InChI=1S/C25H21ClO3/c1-2-21(22-5-3-4-6-23(22)26)25(19-12-14-20(27)15-13-19)18-10-7-17(8-11-18)9-16-24(28)29/h3-16,27H,2H2,1H3,(H,28,29)/b16-9+,25-21+. The van der Waals surface area contributed by atoms with Gasteiger partial charge in [-0.15, -0.1) is 0 Å². The zero-order valence-corrected chi connectivity index (χ0v) is 16.7. The zero-order chi connectivity index (χ0) is 20.8. The molecule has 0 bridgehead atoms. The third kappa shape index (κ3) is 4.95. The molecular weight excluding hydrogens is 384 g/mol. The molecule has 3 rings (SSSR count). The van der Waals surface area contributed by atoms with Gasteiger partial charge in [0, 0.05) is 11.1 Å². The third-order valence-corrected chi connectivity index (χ3v) is 4.96. The van der Waals surface area contributed by atoms with Crippen molar-refractivity contribution >= 4 is 34.8 Å². The Labute approximate surface area is 175 Å². The van der Waals surface area contributed by atoms with Crippen molar-refractivity contribution in [1.82, 2.24) is 0 Å². The number of benzene rings is 3. The van der Waals surface area contributed by atoms with E-state index in [2.05, 4.69) is 6.92 Å². The molecule has 0 aliphatic heterocycles. The highest BCUT2D eigenvalue weighted by Crippen LogP contribution is 2.37. The maximum atomic E-state index is 10.8. The van der Waals surface area contributed by atoms with Crippen molar-refractivity contribution in [2.45, 2.75) is 13.3 Å². The molecule has 0 fully saturated rings. The largest absolute Gasteiger partial charge is 0.508 e. The molecule has 3 aromatic carbocycles. The summed E-state index contributed by atoms with van der Waals surface area (Å²) in [6.45, 7) is 2.09. The first kappa shape index (κ1) is 20.4. The summed E-state index contributed by atoms with van der Waals surface area (Å²) in [5.41, 5.74) is 5.84. The maximum absolute atomic E-state index is 10.8. The molecule has 0 radical (unpaired) electrons. The van der Waals surface area contributed by atoms with Crippen molar-refractivity contribution in [3.8, 4) is 5.75 Å². The summed E-state index contributed by atoms with van der Waals surface area (Å²) < 4.78 is 0. The molecule has 2 N–H and O–H groups in total. The topological polar surface area (TPSA) is 57.5 Å². The van der Waals surface area contributed by atoms with Crippen LogP contribution in [0.2, 0.25) is 5.02 Å². The Morgan fingerprint density at radius 2 is 1.52 bits per heavy atom. The van der Waals surface area contributed by atoms with Gasteiger partial charge < -0.3 is 10.2 Å². The highest BCUT2D eigenvalue weighted by atomic mass is 35.5. The fourth-order valence-corrected chi connectivity index (χ4v) is 3.53. The Morgan fingerprint density at radius 3 is 2.07 bits per heavy atom. The van der Waals surface area contributed by atoms with Crippen molar-refractivity contribution in [1.29, 1.82) is 0 Å². The first-order valence-corrected chi connectivity index (χ1v) is 9.66. The minimum absolute atomic E-state index is 0.207. The molecule has 0 aliphatic carbocycles. The van der Waals surface area contributed by atoms with E-state index >= 15 is 0 Å². The van der Waals surface area contributed by atoms with Crippen molar-refractivity contribution in [2.24, 2.45) is 0 Å². The highest BCUT2D eigenvalue weighted by Gasteiger charge is 2.15. The van der Waals surface area contributed by atoms with E-state index in [0.29, 0.717) is 5.02 Å². The van der Waals surface area contributed by atoms with Gasteiger partial charge in [-0.1, -0.05) is 73.1 Å². The molecule has 0 saturated heterocycles. The summed E-state index contributed by atoms with van der Waals surface area (Å²) in [7, 11) is 0. The van der Waals surface area contributed by atoms with Gasteiger partial charge in [-0.3, -0.25) is 0 Å². The summed E-state index contributed by atoms with van der Waals surface area (Å²) in [4.78, 5) is 10.8. The number of aliphatic carboxylic acids is 1. The van der Waals surface area contributed by atoms with Crippen LogP contribution >= 0.6 is 11.6 Å². The smallest absolute Gasteiger partial charge is 0.328 e. The van der Waals surface area contributed by atoms with Gasteiger partial charge in [0.25, 0.3) is 0 Å². The average molecular weight is 405 g/mol. The quantitative estimate of drug-likeness (QED) is 0.363. The molecule has 146 valence electrons. The van der Waals surface area contributed by atoms with E-state index in [1.54, 1.807) is 18.2 Å². The van der Waals surface area contributed by atoms with Crippen LogP contribution in [-0.2, 0) is 4.79 Å². The number of phenols is 1. The first-order valence-electron chi connectivity index (χ1n) is 9.28. The monoisotopic (exact) mass is 404 g/mol. The number of carboxylic acid groups (broad SMARTS) is 1. The summed E-state index contributed by atoms with van der Waals surface area (Å²) >= 11 is 6.50. The fourth-order valence-electron chi connectivity index (χ4n) is 3.28. The number of halogens is 1. The Morgan fingerprint density at radius 1 is 0.931 bits per heavy atom. The predicted molar refractivity (Wildman–Crippen MR) is 119 cm³/mol. The van der Waals surface area contributed by atoms with Gasteiger partial charge in [-0.2, -0.15) is 0 Å². The number of rotatable bonds is 6. The van der Waals surface area contributed by atoms with E-state index < -0.39 is 5.97 Å². The van der Waals surface area contributed by atoms with Crippen LogP contribution in [0.4, 0.5) is 0 Å². The van der Waals surface area contributed by atoms with E-state index in [1.807, 2.05) is 60.7 Å². The summed E-state index contributed by atoms with van der Waals surface area (Å²) in [5, 5.41) is 19.2. The van der Waals surface area contributed by atoms with Gasteiger partial charge in [-0.05, 0) is 64.1 Å².